The molecule has 0 bridgehead atoms. The van der Waals surface area contributed by atoms with E-state index in [-0.39, 0.29) is 18.1 Å². The molecule has 0 fully saturated rings. The molecule has 0 unspecified atom stereocenters. The molecule has 1 heterocycles. The first-order valence-corrected chi connectivity index (χ1v) is 9.72. The fraction of sp³-hybridized carbons (Fsp3) is 0.158. The topological polar surface area (TPSA) is 59.2 Å². The first kappa shape index (κ1) is 18.8. The zero-order chi connectivity index (χ0) is 18.5. The highest BCUT2D eigenvalue weighted by Crippen LogP contribution is 2.24. The summed E-state index contributed by atoms with van der Waals surface area (Å²) in [5, 5.41) is 1.80. The van der Waals surface area contributed by atoms with Gasteiger partial charge >= 0.3 is 5.97 Å². The molecule has 0 saturated carbocycles. The Balaban J connectivity index is 1.46. The average molecular weight is 408 g/mol. The van der Waals surface area contributed by atoms with Crippen LogP contribution in [0.1, 0.15) is 15.9 Å². The minimum absolute atomic E-state index is 0.154. The van der Waals surface area contributed by atoms with Crippen molar-refractivity contribution in [3.63, 3.8) is 0 Å². The van der Waals surface area contributed by atoms with E-state index in [1.54, 1.807) is 18.3 Å². The van der Waals surface area contributed by atoms with Gasteiger partial charge in [0.1, 0.15) is 0 Å². The lowest BCUT2D eigenvalue weighted by Gasteiger charge is -2.05. The number of rotatable bonds is 7. The van der Waals surface area contributed by atoms with Gasteiger partial charge in [-0.25, -0.2) is 0 Å². The Kier molecular flexibility index (Phi) is 6.25. The van der Waals surface area contributed by atoms with Crippen molar-refractivity contribution in [3.8, 4) is 0 Å². The zero-order valence-electron chi connectivity index (χ0n) is 13.6. The van der Waals surface area contributed by atoms with Gasteiger partial charge in [-0.05, 0) is 23.8 Å². The largest absolute Gasteiger partial charge is 0.457 e. The Labute approximate surface area is 164 Å². The molecule has 134 valence electrons. The summed E-state index contributed by atoms with van der Waals surface area (Å²) in [5.74, 6) is 0.0950. The van der Waals surface area contributed by atoms with Crippen molar-refractivity contribution < 1.29 is 14.3 Å². The van der Waals surface area contributed by atoms with Crippen molar-refractivity contribution in [2.24, 2.45) is 0 Å². The zero-order valence-corrected chi connectivity index (χ0v) is 16.0. The summed E-state index contributed by atoms with van der Waals surface area (Å²) in [4.78, 5) is 27.1. The van der Waals surface area contributed by atoms with Gasteiger partial charge in [0.15, 0.2) is 6.61 Å². The van der Waals surface area contributed by atoms with E-state index in [0.29, 0.717) is 21.4 Å². The van der Waals surface area contributed by atoms with Crippen LogP contribution in [-0.2, 0) is 15.3 Å². The molecule has 0 radical (unpaired) electrons. The monoisotopic (exact) mass is 407 g/mol. The van der Waals surface area contributed by atoms with Gasteiger partial charge in [-0.2, -0.15) is 0 Å². The molecule has 0 amide bonds. The number of carbonyl (C=O) groups is 2. The molecule has 2 aromatic carbocycles. The molecule has 3 aromatic rings. The maximum absolute atomic E-state index is 12.3. The van der Waals surface area contributed by atoms with Gasteiger partial charge in [0.05, 0.1) is 15.8 Å². The number of Topliss-reactive ketones (excluding diaryl/α,β-unsaturated/α-hetero) is 1. The summed E-state index contributed by atoms with van der Waals surface area (Å²) in [7, 11) is 0. The molecule has 0 aliphatic heterocycles. The molecular formula is C19H15Cl2NO3S. The van der Waals surface area contributed by atoms with Crippen LogP contribution in [-0.4, -0.2) is 29.1 Å². The minimum atomic E-state index is -0.428. The number of aromatic nitrogens is 1. The number of thioether (sulfide) groups is 1. The van der Waals surface area contributed by atoms with Crippen LogP contribution in [0.2, 0.25) is 10.0 Å². The summed E-state index contributed by atoms with van der Waals surface area (Å²) in [6.07, 6.45) is 1.64. The highest BCUT2D eigenvalue weighted by Gasteiger charge is 2.14. The van der Waals surface area contributed by atoms with Crippen LogP contribution >= 0.6 is 35.0 Å². The third kappa shape index (κ3) is 4.61. The fourth-order valence-electron chi connectivity index (χ4n) is 2.45. The highest BCUT2D eigenvalue weighted by molar-refractivity contribution is 7.99. The van der Waals surface area contributed by atoms with E-state index in [1.165, 1.54) is 11.8 Å². The first-order valence-electron chi connectivity index (χ1n) is 7.81. The summed E-state index contributed by atoms with van der Waals surface area (Å²) < 4.78 is 5.09. The van der Waals surface area contributed by atoms with Gasteiger partial charge in [0.25, 0.3) is 0 Å². The van der Waals surface area contributed by atoms with Gasteiger partial charge in [-0.15, -0.1) is 11.8 Å². The van der Waals surface area contributed by atoms with Crippen LogP contribution in [0.4, 0.5) is 0 Å². The van der Waals surface area contributed by atoms with Crippen molar-refractivity contribution in [1.29, 1.82) is 0 Å². The normalized spacial score (nSPS) is 10.8. The van der Waals surface area contributed by atoms with Crippen molar-refractivity contribution in [1.82, 2.24) is 4.98 Å². The van der Waals surface area contributed by atoms with E-state index in [0.717, 1.165) is 16.5 Å². The number of para-hydroxylation sites is 1. The Morgan fingerprint density at radius 1 is 1.08 bits per heavy atom. The van der Waals surface area contributed by atoms with E-state index in [2.05, 4.69) is 4.98 Å². The molecule has 1 N–H and O–H groups in total. The second-order valence-electron chi connectivity index (χ2n) is 5.57. The summed E-state index contributed by atoms with van der Waals surface area (Å²) in [5.41, 5.74) is 2.36. The fourth-order valence-corrected chi connectivity index (χ4v) is 3.54. The molecule has 0 atom stereocenters. The van der Waals surface area contributed by atoms with E-state index in [4.69, 9.17) is 27.9 Å². The lowest BCUT2D eigenvalue weighted by molar-refractivity contribution is -0.139. The molecular weight excluding hydrogens is 393 g/mol. The number of ether oxygens (including phenoxy) is 1. The number of halogens is 2. The third-order valence-electron chi connectivity index (χ3n) is 3.73. The van der Waals surface area contributed by atoms with Crippen LogP contribution in [0.15, 0.2) is 48.7 Å². The van der Waals surface area contributed by atoms with Gasteiger partial charge in [0, 0.05) is 28.4 Å². The average Bonchev–Trinajstić information content (AvgIpc) is 3.07. The molecule has 0 aliphatic carbocycles. The standard InChI is InChI=1S/C19H15Cl2NO3S/c20-15-6-5-12(7-16(15)21)10-26-11-19(24)25-9-18(23)14-8-22-17-4-2-1-3-13(14)17/h1-8,22H,9-11H2. The Hall–Kier alpha value is -1.95. The number of aromatic amines is 1. The molecule has 7 heteroatoms. The minimum Gasteiger partial charge on any atom is -0.457 e. The predicted molar refractivity (Wildman–Crippen MR) is 106 cm³/mol. The first-order chi connectivity index (χ1) is 12.5. The number of benzene rings is 2. The van der Waals surface area contributed by atoms with E-state index in [1.807, 2.05) is 30.3 Å². The van der Waals surface area contributed by atoms with Crippen LogP contribution in [0.5, 0.6) is 0 Å². The van der Waals surface area contributed by atoms with Crippen LogP contribution in [0.25, 0.3) is 10.9 Å². The number of nitrogens with one attached hydrogen (secondary N) is 1. The van der Waals surface area contributed by atoms with Gasteiger partial charge in [-0.3, -0.25) is 9.59 Å². The number of hydrogen-bond donors (Lipinski definition) is 1. The number of H-pyrrole nitrogens is 1. The smallest absolute Gasteiger partial charge is 0.316 e. The number of fused-ring (bicyclic) bond motifs is 1. The Bertz CT molecular complexity index is 955. The molecule has 0 aliphatic rings. The van der Waals surface area contributed by atoms with Gasteiger partial charge < -0.3 is 9.72 Å². The van der Waals surface area contributed by atoms with Crippen LogP contribution < -0.4 is 0 Å². The summed E-state index contributed by atoms with van der Waals surface area (Å²) >= 11 is 13.2. The molecule has 26 heavy (non-hydrogen) atoms. The van der Waals surface area contributed by atoms with Crippen molar-refractivity contribution in [3.05, 3.63) is 69.8 Å². The van der Waals surface area contributed by atoms with Crippen molar-refractivity contribution in [2.45, 2.75) is 5.75 Å². The maximum Gasteiger partial charge on any atom is 0.316 e. The van der Waals surface area contributed by atoms with E-state index in [9.17, 15) is 9.59 Å². The quantitative estimate of drug-likeness (QED) is 0.435. The third-order valence-corrected chi connectivity index (χ3v) is 5.44. The van der Waals surface area contributed by atoms with Gasteiger partial charge in [0.2, 0.25) is 5.78 Å². The van der Waals surface area contributed by atoms with E-state index >= 15 is 0 Å². The SMILES string of the molecule is O=C(CSCc1ccc(Cl)c(Cl)c1)OCC(=O)c1c[nH]c2ccccc12. The Morgan fingerprint density at radius 3 is 2.69 bits per heavy atom. The molecule has 3 rings (SSSR count). The van der Waals surface area contributed by atoms with E-state index < -0.39 is 5.97 Å². The van der Waals surface area contributed by atoms with Crippen LogP contribution in [0, 0.1) is 0 Å². The van der Waals surface area contributed by atoms with Gasteiger partial charge in [-0.1, -0.05) is 47.5 Å². The summed E-state index contributed by atoms with van der Waals surface area (Å²) in [6, 6.07) is 12.8. The summed E-state index contributed by atoms with van der Waals surface area (Å²) in [6.45, 7) is -0.270. The predicted octanol–water partition coefficient (Wildman–Crippen LogP) is 5.13. The number of esters is 1. The highest BCUT2D eigenvalue weighted by atomic mass is 35.5. The molecule has 1 aromatic heterocycles. The number of carbonyl (C=O) groups excluding carboxylic acids is 2. The maximum atomic E-state index is 12.3. The second-order valence-corrected chi connectivity index (χ2v) is 7.37. The molecule has 0 spiro atoms. The second kappa shape index (κ2) is 8.62. The number of hydrogen-bond acceptors (Lipinski definition) is 4. The number of ketones is 1. The lowest BCUT2D eigenvalue weighted by Crippen LogP contribution is -2.15. The van der Waals surface area contributed by atoms with Crippen LogP contribution in [0.3, 0.4) is 0 Å². The molecule has 4 nitrogen and oxygen atoms in total. The lowest BCUT2D eigenvalue weighted by atomic mass is 10.1. The van der Waals surface area contributed by atoms with Crippen molar-refractivity contribution >= 4 is 57.6 Å². The van der Waals surface area contributed by atoms with Crippen molar-refractivity contribution in [2.75, 3.05) is 12.4 Å². The molecule has 0 saturated heterocycles. The Morgan fingerprint density at radius 2 is 1.88 bits per heavy atom.